The molecular weight excluding hydrogens is 412 g/mol. The average molecular weight is 437 g/mol. The van der Waals surface area contributed by atoms with E-state index in [1.54, 1.807) is 11.7 Å². The number of hydrogen-bond donors (Lipinski definition) is 0. The van der Waals surface area contributed by atoms with Gasteiger partial charge in [-0.2, -0.15) is 0 Å². The summed E-state index contributed by atoms with van der Waals surface area (Å²) in [5.74, 6) is 0.393. The minimum absolute atomic E-state index is 0.0784. The molecular formula is C24H24N2O4S. The number of ether oxygens (including phenoxy) is 2. The molecule has 0 unspecified atom stereocenters. The zero-order valence-electron chi connectivity index (χ0n) is 17.6. The number of thiophene rings is 1. The van der Waals surface area contributed by atoms with E-state index in [1.807, 2.05) is 23.6 Å². The van der Waals surface area contributed by atoms with Crippen molar-refractivity contribution in [2.75, 3.05) is 20.8 Å². The van der Waals surface area contributed by atoms with Crippen molar-refractivity contribution in [1.82, 2.24) is 9.55 Å². The van der Waals surface area contributed by atoms with Gasteiger partial charge in [-0.25, -0.2) is 4.98 Å². The van der Waals surface area contributed by atoms with E-state index in [0.717, 1.165) is 26.7 Å². The van der Waals surface area contributed by atoms with E-state index in [0.29, 0.717) is 37.2 Å². The van der Waals surface area contributed by atoms with Gasteiger partial charge in [0.1, 0.15) is 10.7 Å². The van der Waals surface area contributed by atoms with Crippen LogP contribution < -0.4 is 5.56 Å². The van der Waals surface area contributed by atoms with E-state index in [2.05, 4.69) is 24.3 Å². The van der Waals surface area contributed by atoms with E-state index in [1.165, 1.54) is 18.4 Å². The molecule has 0 saturated carbocycles. The van der Waals surface area contributed by atoms with Crippen LogP contribution in [0.2, 0.25) is 0 Å². The third kappa shape index (κ3) is 4.38. The molecule has 0 amide bonds. The summed E-state index contributed by atoms with van der Waals surface area (Å²) < 4.78 is 11.6. The lowest BCUT2D eigenvalue weighted by Crippen LogP contribution is -2.26. The first-order valence-corrected chi connectivity index (χ1v) is 11.1. The number of esters is 1. The predicted octanol–water partition coefficient (Wildman–Crippen LogP) is 4.42. The lowest BCUT2D eigenvalue weighted by atomic mass is 10.0. The van der Waals surface area contributed by atoms with Crippen molar-refractivity contribution in [3.63, 3.8) is 0 Å². The fourth-order valence-electron chi connectivity index (χ4n) is 3.73. The molecule has 2 aromatic carbocycles. The normalized spacial score (nSPS) is 11.3. The van der Waals surface area contributed by atoms with Crippen LogP contribution in [0.4, 0.5) is 0 Å². The van der Waals surface area contributed by atoms with Crippen molar-refractivity contribution in [2.24, 2.45) is 0 Å². The molecule has 0 bridgehead atoms. The first-order valence-electron chi connectivity index (χ1n) is 10.2. The quantitative estimate of drug-likeness (QED) is 0.383. The summed E-state index contributed by atoms with van der Waals surface area (Å²) in [6.07, 6.45) is 1.30. The fourth-order valence-corrected chi connectivity index (χ4v) is 4.69. The number of fused-ring (bicyclic) bond motifs is 2. The number of carbonyl (C=O) groups is 1. The molecule has 4 rings (SSSR count). The van der Waals surface area contributed by atoms with Gasteiger partial charge in [-0.3, -0.25) is 14.2 Å². The van der Waals surface area contributed by atoms with Gasteiger partial charge in [-0.1, -0.05) is 36.4 Å². The van der Waals surface area contributed by atoms with Crippen LogP contribution in [0.1, 0.15) is 18.7 Å². The Morgan fingerprint density at radius 2 is 1.94 bits per heavy atom. The topological polar surface area (TPSA) is 70.4 Å². The van der Waals surface area contributed by atoms with Gasteiger partial charge in [-0.05, 0) is 28.8 Å². The lowest BCUT2D eigenvalue weighted by Gasteiger charge is -2.13. The molecule has 2 heterocycles. The Kier molecular flexibility index (Phi) is 6.44. The standard InChI is InChI=1S/C24H24N2O4S/c1-29-13-11-20-25-23-22(24(28)26(20)12-5-8-21(27)30-2)19(15-31-23)18-10-9-16-6-3-4-7-17(16)14-18/h3-4,6-7,9-10,14-15H,5,8,11-13H2,1-2H3. The molecule has 0 spiro atoms. The van der Waals surface area contributed by atoms with Crippen molar-refractivity contribution in [3.05, 3.63) is 64.0 Å². The maximum Gasteiger partial charge on any atom is 0.305 e. The van der Waals surface area contributed by atoms with Gasteiger partial charge in [0.05, 0.1) is 19.1 Å². The molecule has 0 saturated heterocycles. The van der Waals surface area contributed by atoms with E-state index >= 15 is 0 Å². The van der Waals surface area contributed by atoms with Crippen LogP contribution in [0.15, 0.2) is 52.6 Å². The van der Waals surface area contributed by atoms with Crippen LogP contribution in [-0.2, 0) is 27.2 Å². The zero-order chi connectivity index (χ0) is 21.8. The van der Waals surface area contributed by atoms with Crippen LogP contribution in [-0.4, -0.2) is 36.3 Å². The summed E-state index contributed by atoms with van der Waals surface area (Å²) in [4.78, 5) is 30.6. The summed E-state index contributed by atoms with van der Waals surface area (Å²) in [6.45, 7) is 0.876. The molecule has 0 aliphatic rings. The van der Waals surface area contributed by atoms with Crippen molar-refractivity contribution < 1.29 is 14.3 Å². The van der Waals surface area contributed by atoms with Gasteiger partial charge in [0.25, 0.3) is 5.56 Å². The minimum atomic E-state index is -0.284. The monoisotopic (exact) mass is 436 g/mol. The number of aromatic nitrogens is 2. The van der Waals surface area contributed by atoms with Crippen molar-refractivity contribution in [3.8, 4) is 11.1 Å². The highest BCUT2D eigenvalue weighted by Crippen LogP contribution is 2.33. The van der Waals surface area contributed by atoms with Crippen LogP contribution in [0.25, 0.3) is 32.1 Å². The van der Waals surface area contributed by atoms with Crippen LogP contribution in [0, 0.1) is 0 Å². The summed E-state index contributed by atoms with van der Waals surface area (Å²) >= 11 is 1.48. The highest BCUT2D eigenvalue weighted by Gasteiger charge is 2.17. The molecule has 160 valence electrons. The summed E-state index contributed by atoms with van der Waals surface area (Å²) in [7, 11) is 2.99. The molecule has 6 nitrogen and oxygen atoms in total. The number of methoxy groups -OCH3 is 2. The first kappa shape index (κ1) is 21.2. The molecule has 0 fully saturated rings. The molecule has 7 heteroatoms. The maximum absolute atomic E-state index is 13.5. The fraction of sp³-hybridized carbons (Fsp3) is 0.292. The van der Waals surface area contributed by atoms with Crippen molar-refractivity contribution >= 4 is 38.3 Å². The molecule has 2 aromatic heterocycles. The van der Waals surface area contributed by atoms with Gasteiger partial charge in [0.2, 0.25) is 0 Å². The number of rotatable bonds is 8. The minimum Gasteiger partial charge on any atom is -0.469 e. The SMILES string of the molecule is COCCc1nc2scc(-c3ccc4ccccc4c3)c2c(=O)n1CCCC(=O)OC. The van der Waals surface area contributed by atoms with Crippen molar-refractivity contribution in [1.29, 1.82) is 0 Å². The Hall–Kier alpha value is -3.03. The van der Waals surface area contributed by atoms with Crippen LogP contribution in [0.5, 0.6) is 0 Å². The Morgan fingerprint density at radius 3 is 2.71 bits per heavy atom. The summed E-state index contributed by atoms with van der Waals surface area (Å²) in [5, 5.41) is 4.91. The Balaban J connectivity index is 1.79. The Morgan fingerprint density at radius 1 is 1.13 bits per heavy atom. The molecule has 0 aliphatic carbocycles. The molecule has 31 heavy (non-hydrogen) atoms. The van der Waals surface area contributed by atoms with Crippen LogP contribution >= 0.6 is 11.3 Å². The third-order valence-electron chi connectivity index (χ3n) is 5.35. The third-order valence-corrected chi connectivity index (χ3v) is 6.23. The molecule has 4 aromatic rings. The second kappa shape index (κ2) is 9.41. The predicted molar refractivity (Wildman–Crippen MR) is 124 cm³/mol. The molecule has 0 atom stereocenters. The molecule has 0 radical (unpaired) electrons. The van der Waals surface area contributed by atoms with Crippen molar-refractivity contribution in [2.45, 2.75) is 25.8 Å². The Labute approximate surface area is 184 Å². The van der Waals surface area contributed by atoms with E-state index < -0.39 is 0 Å². The second-order valence-corrected chi connectivity index (χ2v) is 8.16. The van der Waals surface area contributed by atoms with Gasteiger partial charge >= 0.3 is 5.97 Å². The average Bonchev–Trinajstić information content (AvgIpc) is 3.23. The van der Waals surface area contributed by atoms with Gasteiger partial charge in [-0.15, -0.1) is 11.3 Å². The smallest absolute Gasteiger partial charge is 0.305 e. The van der Waals surface area contributed by atoms with Gasteiger partial charge in [0, 0.05) is 37.4 Å². The highest BCUT2D eigenvalue weighted by atomic mass is 32.1. The van der Waals surface area contributed by atoms with E-state index in [-0.39, 0.29) is 17.9 Å². The molecule has 0 N–H and O–H groups in total. The van der Waals surface area contributed by atoms with Crippen LogP contribution in [0.3, 0.4) is 0 Å². The second-order valence-electron chi connectivity index (χ2n) is 7.30. The number of nitrogens with zero attached hydrogens (tertiary/aromatic N) is 2. The lowest BCUT2D eigenvalue weighted by molar-refractivity contribution is -0.140. The zero-order valence-corrected chi connectivity index (χ0v) is 18.4. The molecule has 0 aliphatic heterocycles. The number of benzene rings is 2. The number of carbonyl (C=O) groups excluding carboxylic acids is 1. The van der Waals surface area contributed by atoms with Gasteiger partial charge < -0.3 is 9.47 Å². The number of hydrogen-bond acceptors (Lipinski definition) is 6. The maximum atomic E-state index is 13.5. The first-order chi connectivity index (χ1) is 15.1. The summed E-state index contributed by atoms with van der Waals surface area (Å²) in [6, 6.07) is 14.4. The van der Waals surface area contributed by atoms with Gasteiger partial charge in [0.15, 0.2) is 0 Å². The Bertz CT molecular complexity index is 1290. The summed E-state index contributed by atoms with van der Waals surface area (Å²) in [5.41, 5.74) is 1.81. The largest absolute Gasteiger partial charge is 0.469 e. The van der Waals surface area contributed by atoms with E-state index in [4.69, 9.17) is 14.5 Å². The van der Waals surface area contributed by atoms with E-state index in [9.17, 15) is 9.59 Å². The highest BCUT2D eigenvalue weighted by molar-refractivity contribution is 7.17.